The van der Waals surface area contributed by atoms with Crippen molar-refractivity contribution in [3.8, 4) is 0 Å². The first-order valence-electron chi connectivity index (χ1n) is 7.92. The number of amides is 1. The van der Waals surface area contributed by atoms with E-state index in [-0.39, 0.29) is 36.7 Å². The minimum atomic E-state index is -0.661. The average molecular weight is 307 g/mol. The Balaban J connectivity index is 1.35. The maximum atomic E-state index is 12.9. The third-order valence-corrected chi connectivity index (χ3v) is 4.30. The van der Waals surface area contributed by atoms with Gasteiger partial charge in [0, 0.05) is 19.1 Å². The van der Waals surface area contributed by atoms with Crippen LogP contribution in [-0.2, 0) is 9.53 Å². The summed E-state index contributed by atoms with van der Waals surface area (Å²) in [5.41, 5.74) is 0.995. The zero-order valence-electron chi connectivity index (χ0n) is 12.5. The Kier molecular flexibility index (Phi) is 4.74. The maximum absolute atomic E-state index is 12.9. The van der Waals surface area contributed by atoms with Gasteiger partial charge < -0.3 is 15.2 Å². The van der Waals surface area contributed by atoms with Crippen LogP contribution in [0.15, 0.2) is 24.3 Å². The number of carbonyl (C=O) groups excluding carboxylic acids is 1. The first kappa shape index (κ1) is 15.4. The van der Waals surface area contributed by atoms with E-state index in [1.165, 1.54) is 25.0 Å². The van der Waals surface area contributed by atoms with Gasteiger partial charge in [0.1, 0.15) is 5.82 Å². The molecule has 1 aromatic rings. The minimum Gasteiger partial charge on any atom is -0.389 e. The summed E-state index contributed by atoms with van der Waals surface area (Å²) in [6.07, 6.45) is 2.57. The summed E-state index contributed by atoms with van der Waals surface area (Å²) in [5.74, 6) is 0.467. The van der Waals surface area contributed by atoms with Crippen molar-refractivity contribution in [3.05, 3.63) is 35.6 Å². The summed E-state index contributed by atoms with van der Waals surface area (Å²) in [6.45, 7) is 1.19. The zero-order chi connectivity index (χ0) is 15.5. The van der Waals surface area contributed by atoms with E-state index in [2.05, 4.69) is 5.32 Å². The molecule has 2 fully saturated rings. The lowest BCUT2D eigenvalue weighted by atomic mass is 10.1. The molecule has 1 amide bonds. The molecule has 3 rings (SSSR count). The number of halogens is 1. The molecule has 2 saturated carbocycles. The van der Waals surface area contributed by atoms with Crippen molar-refractivity contribution >= 4 is 5.91 Å². The number of hydrogen-bond donors (Lipinski definition) is 2. The number of hydrogen-bond acceptors (Lipinski definition) is 3. The number of rotatable bonds is 8. The van der Waals surface area contributed by atoms with Crippen LogP contribution in [0.3, 0.4) is 0 Å². The second-order valence-corrected chi connectivity index (χ2v) is 6.38. The second kappa shape index (κ2) is 6.75. The van der Waals surface area contributed by atoms with E-state index >= 15 is 0 Å². The summed E-state index contributed by atoms with van der Waals surface area (Å²) in [6, 6.07) is 6.30. The lowest BCUT2D eigenvalue weighted by Gasteiger charge is -2.12. The van der Waals surface area contributed by atoms with Crippen LogP contribution < -0.4 is 5.32 Å². The first-order valence-corrected chi connectivity index (χ1v) is 7.92. The Bertz CT molecular complexity index is 515. The van der Waals surface area contributed by atoms with Crippen LogP contribution in [0.2, 0.25) is 0 Å². The molecule has 0 saturated heterocycles. The molecular formula is C17H22FNO3. The highest BCUT2D eigenvalue weighted by Crippen LogP contribution is 2.47. The fourth-order valence-electron chi connectivity index (χ4n) is 2.63. The third kappa shape index (κ3) is 4.27. The van der Waals surface area contributed by atoms with Gasteiger partial charge in [0.25, 0.3) is 0 Å². The van der Waals surface area contributed by atoms with Gasteiger partial charge in [-0.05, 0) is 48.8 Å². The van der Waals surface area contributed by atoms with E-state index in [0.717, 1.165) is 12.0 Å². The number of benzene rings is 1. The fourth-order valence-corrected chi connectivity index (χ4v) is 2.63. The first-order chi connectivity index (χ1) is 10.6. The van der Waals surface area contributed by atoms with Crippen molar-refractivity contribution in [1.29, 1.82) is 0 Å². The second-order valence-electron chi connectivity index (χ2n) is 6.38. The predicted octanol–water partition coefficient (Wildman–Crippen LogP) is 1.83. The Morgan fingerprint density at radius 1 is 1.36 bits per heavy atom. The Morgan fingerprint density at radius 2 is 2.09 bits per heavy atom. The summed E-state index contributed by atoms with van der Waals surface area (Å²) in [5, 5.41) is 12.5. The van der Waals surface area contributed by atoms with Gasteiger partial charge in [-0.3, -0.25) is 4.79 Å². The number of ether oxygens (including phenoxy) is 1. The van der Waals surface area contributed by atoms with E-state index < -0.39 is 6.10 Å². The van der Waals surface area contributed by atoms with Crippen LogP contribution in [0.1, 0.15) is 30.7 Å². The summed E-state index contributed by atoms with van der Waals surface area (Å²) < 4.78 is 18.3. The Labute approximate surface area is 129 Å². The highest BCUT2D eigenvalue weighted by atomic mass is 19.1. The average Bonchev–Trinajstić information content (AvgIpc) is 3.39. The smallest absolute Gasteiger partial charge is 0.223 e. The number of carbonyl (C=O) groups is 1. The largest absolute Gasteiger partial charge is 0.389 e. The molecule has 120 valence electrons. The molecule has 2 N–H and O–H groups in total. The molecule has 22 heavy (non-hydrogen) atoms. The van der Waals surface area contributed by atoms with E-state index in [1.54, 1.807) is 12.1 Å². The molecule has 2 aliphatic rings. The van der Waals surface area contributed by atoms with Crippen LogP contribution in [0.25, 0.3) is 0 Å². The van der Waals surface area contributed by atoms with Gasteiger partial charge in [0.15, 0.2) is 0 Å². The van der Waals surface area contributed by atoms with E-state index in [0.29, 0.717) is 12.5 Å². The molecule has 0 spiro atoms. The summed E-state index contributed by atoms with van der Waals surface area (Å²) in [7, 11) is 0. The topological polar surface area (TPSA) is 58.6 Å². The third-order valence-electron chi connectivity index (χ3n) is 4.30. The molecule has 2 aliphatic carbocycles. The van der Waals surface area contributed by atoms with Gasteiger partial charge in [0.05, 0.1) is 12.7 Å². The van der Waals surface area contributed by atoms with Crippen LogP contribution in [0.4, 0.5) is 4.39 Å². The molecule has 0 heterocycles. The molecule has 4 nitrogen and oxygen atoms in total. The van der Waals surface area contributed by atoms with Crippen LogP contribution in [0, 0.1) is 17.7 Å². The van der Waals surface area contributed by atoms with Gasteiger partial charge >= 0.3 is 0 Å². The van der Waals surface area contributed by atoms with E-state index in [4.69, 9.17) is 4.74 Å². The molecule has 3 atom stereocenters. The van der Waals surface area contributed by atoms with Crippen molar-refractivity contribution in [2.45, 2.75) is 31.3 Å². The number of aliphatic hydroxyl groups is 1. The van der Waals surface area contributed by atoms with Crippen molar-refractivity contribution < 1.29 is 19.0 Å². The standard InChI is InChI=1S/C17H22FNO3/c18-13-5-3-12(4-6-13)15-7-16(15)17(21)19-8-14(20)10-22-9-11-1-2-11/h3-6,11,14-16,20H,1-2,7-10H2,(H,19,21)/t14-,15-,16-/m0/s1. The van der Waals surface area contributed by atoms with E-state index in [9.17, 15) is 14.3 Å². The zero-order valence-corrected chi connectivity index (χ0v) is 12.5. The Morgan fingerprint density at radius 3 is 2.77 bits per heavy atom. The van der Waals surface area contributed by atoms with Crippen LogP contribution in [0.5, 0.6) is 0 Å². The van der Waals surface area contributed by atoms with Gasteiger partial charge in [-0.25, -0.2) is 4.39 Å². The quantitative estimate of drug-likeness (QED) is 0.770. The molecule has 1 aromatic carbocycles. The summed E-state index contributed by atoms with van der Waals surface area (Å²) in [4.78, 5) is 12.0. The lowest BCUT2D eigenvalue weighted by molar-refractivity contribution is -0.123. The molecule has 0 aliphatic heterocycles. The van der Waals surface area contributed by atoms with Crippen molar-refractivity contribution in [2.24, 2.45) is 11.8 Å². The predicted molar refractivity (Wildman–Crippen MR) is 79.8 cm³/mol. The molecule has 0 aromatic heterocycles. The molecule has 5 heteroatoms. The summed E-state index contributed by atoms with van der Waals surface area (Å²) >= 11 is 0. The molecular weight excluding hydrogens is 285 g/mol. The van der Waals surface area contributed by atoms with Gasteiger partial charge in [-0.2, -0.15) is 0 Å². The minimum absolute atomic E-state index is 0.0458. The van der Waals surface area contributed by atoms with Crippen LogP contribution in [-0.4, -0.2) is 36.9 Å². The SMILES string of the molecule is O=C(NC[C@H](O)COCC1CC1)[C@H]1C[C@H]1c1ccc(F)cc1. The normalized spacial score (nSPS) is 24.8. The highest BCUT2D eigenvalue weighted by Gasteiger charge is 2.43. The van der Waals surface area contributed by atoms with Gasteiger partial charge in [-0.15, -0.1) is 0 Å². The van der Waals surface area contributed by atoms with Crippen molar-refractivity contribution in [1.82, 2.24) is 5.32 Å². The van der Waals surface area contributed by atoms with Gasteiger partial charge in [-0.1, -0.05) is 12.1 Å². The lowest BCUT2D eigenvalue weighted by Crippen LogP contribution is -2.35. The van der Waals surface area contributed by atoms with Crippen LogP contribution >= 0.6 is 0 Å². The maximum Gasteiger partial charge on any atom is 0.223 e. The van der Waals surface area contributed by atoms with Gasteiger partial charge in [0.2, 0.25) is 5.91 Å². The van der Waals surface area contributed by atoms with Crippen molar-refractivity contribution in [3.63, 3.8) is 0 Å². The fraction of sp³-hybridized carbons (Fsp3) is 0.588. The molecule has 0 bridgehead atoms. The number of nitrogens with one attached hydrogen (secondary N) is 1. The Hall–Kier alpha value is -1.46. The molecule has 0 radical (unpaired) electrons. The molecule has 0 unspecified atom stereocenters. The van der Waals surface area contributed by atoms with Crippen molar-refractivity contribution in [2.75, 3.05) is 19.8 Å². The highest BCUT2D eigenvalue weighted by molar-refractivity contribution is 5.82. The van der Waals surface area contributed by atoms with E-state index in [1.807, 2.05) is 0 Å². The monoisotopic (exact) mass is 307 g/mol. The number of aliphatic hydroxyl groups excluding tert-OH is 1.